The van der Waals surface area contributed by atoms with E-state index < -0.39 is 29.7 Å². The molecular weight excluding hydrogens is 330 g/mol. The third kappa shape index (κ3) is 7.67. The number of aliphatic carboxylic acids is 1. The van der Waals surface area contributed by atoms with Gasteiger partial charge in [0.05, 0.1) is 25.9 Å². The molecule has 0 saturated heterocycles. The van der Waals surface area contributed by atoms with Gasteiger partial charge >= 0.3 is 18.0 Å². The first-order valence-corrected chi connectivity index (χ1v) is 7.59. The second-order valence-electron chi connectivity index (χ2n) is 6.24. The van der Waals surface area contributed by atoms with Crippen LogP contribution in [0.3, 0.4) is 0 Å². The molecule has 1 aromatic carbocycles. The molecule has 25 heavy (non-hydrogen) atoms. The van der Waals surface area contributed by atoms with Crippen LogP contribution in [-0.4, -0.2) is 48.5 Å². The predicted molar refractivity (Wildman–Crippen MR) is 88.2 cm³/mol. The Hall–Kier alpha value is -2.61. The number of amides is 1. The maximum absolute atomic E-state index is 11.7. The Morgan fingerprint density at radius 1 is 1.24 bits per heavy atom. The van der Waals surface area contributed by atoms with Gasteiger partial charge in [-0.05, 0) is 38.5 Å². The molecule has 138 valence electrons. The molecule has 8 heteroatoms. The molecule has 2 N–H and O–H groups in total. The fraction of sp³-hybridized carbons (Fsp3) is 0.471. The summed E-state index contributed by atoms with van der Waals surface area (Å²) < 4.78 is 15.0. The molecule has 1 amide bonds. The van der Waals surface area contributed by atoms with E-state index in [1.165, 1.54) is 7.11 Å². The van der Waals surface area contributed by atoms with Crippen LogP contribution in [0.2, 0.25) is 0 Å². The third-order valence-electron chi connectivity index (χ3n) is 2.89. The van der Waals surface area contributed by atoms with Crippen LogP contribution in [0, 0.1) is 0 Å². The lowest BCUT2D eigenvalue weighted by atomic mass is 10.1. The minimum atomic E-state index is -1.25. The topological polar surface area (TPSA) is 111 Å². The van der Waals surface area contributed by atoms with Gasteiger partial charge in [-0.25, -0.2) is 14.4 Å². The van der Waals surface area contributed by atoms with Crippen molar-refractivity contribution >= 4 is 18.0 Å². The number of hydrogen-bond acceptors (Lipinski definition) is 6. The summed E-state index contributed by atoms with van der Waals surface area (Å²) >= 11 is 0. The van der Waals surface area contributed by atoms with E-state index in [1.807, 2.05) is 0 Å². The second-order valence-corrected chi connectivity index (χ2v) is 6.24. The van der Waals surface area contributed by atoms with Crippen LogP contribution in [-0.2, 0) is 25.6 Å². The van der Waals surface area contributed by atoms with Gasteiger partial charge in [0.25, 0.3) is 0 Å². The van der Waals surface area contributed by atoms with E-state index in [-0.39, 0.29) is 13.2 Å². The number of methoxy groups -OCH3 is 1. The average Bonchev–Trinajstić information content (AvgIpc) is 2.51. The highest BCUT2D eigenvalue weighted by Crippen LogP contribution is 2.09. The molecule has 0 radical (unpaired) electrons. The van der Waals surface area contributed by atoms with Gasteiger partial charge in [0, 0.05) is 0 Å². The zero-order chi connectivity index (χ0) is 19.0. The Morgan fingerprint density at radius 2 is 1.92 bits per heavy atom. The molecule has 0 aliphatic carbocycles. The van der Waals surface area contributed by atoms with E-state index in [0.29, 0.717) is 11.1 Å². The van der Waals surface area contributed by atoms with Crippen molar-refractivity contribution in [2.24, 2.45) is 0 Å². The van der Waals surface area contributed by atoms with Crippen molar-refractivity contribution in [2.45, 2.75) is 39.0 Å². The molecule has 0 unspecified atom stereocenters. The van der Waals surface area contributed by atoms with Gasteiger partial charge in [-0.3, -0.25) is 0 Å². The zero-order valence-corrected chi connectivity index (χ0v) is 14.7. The first-order valence-electron chi connectivity index (χ1n) is 7.59. The second kappa shape index (κ2) is 9.03. The van der Waals surface area contributed by atoms with Gasteiger partial charge in [-0.15, -0.1) is 0 Å². The molecule has 0 fully saturated rings. The molecular formula is C17H23NO7. The predicted octanol–water partition coefficient (Wildman–Crippen LogP) is 1.97. The van der Waals surface area contributed by atoms with Gasteiger partial charge in [-0.2, -0.15) is 0 Å². The fourth-order valence-electron chi connectivity index (χ4n) is 1.83. The molecule has 8 nitrogen and oxygen atoms in total. The van der Waals surface area contributed by atoms with Gasteiger partial charge in [-0.1, -0.05) is 12.1 Å². The minimum Gasteiger partial charge on any atom is -0.480 e. The number of alkyl carbamates (subject to hydrolysis) is 1. The number of ether oxygens (including phenoxy) is 3. The lowest BCUT2D eigenvalue weighted by Gasteiger charge is -2.22. The maximum Gasteiger partial charge on any atom is 0.408 e. The van der Waals surface area contributed by atoms with Gasteiger partial charge in [0.2, 0.25) is 0 Å². The number of carbonyl (C=O) groups is 3. The molecule has 0 heterocycles. The minimum absolute atomic E-state index is 0.0740. The van der Waals surface area contributed by atoms with Crippen molar-refractivity contribution in [2.75, 3.05) is 13.7 Å². The standard InChI is InChI=1S/C17H23NO7/c1-17(2,3)25-16(22)18-13(14(19)20)10-24-9-11-6-5-7-12(8-11)15(21)23-4/h5-8,13H,9-10H2,1-4H3,(H,18,22)(H,19,20)/t13-/m0/s1. The summed E-state index contributed by atoms with van der Waals surface area (Å²) in [7, 11) is 1.28. The molecule has 0 spiro atoms. The van der Waals surface area contributed by atoms with E-state index in [9.17, 15) is 14.4 Å². The molecule has 0 aliphatic heterocycles. The summed E-state index contributed by atoms with van der Waals surface area (Å²) in [5, 5.41) is 11.4. The Morgan fingerprint density at radius 3 is 2.48 bits per heavy atom. The van der Waals surface area contributed by atoms with E-state index in [4.69, 9.17) is 14.6 Å². The van der Waals surface area contributed by atoms with Crippen molar-refractivity contribution in [3.63, 3.8) is 0 Å². The lowest BCUT2D eigenvalue weighted by molar-refractivity contribution is -0.141. The molecule has 0 bridgehead atoms. The number of carboxylic acid groups (broad SMARTS) is 1. The zero-order valence-electron chi connectivity index (χ0n) is 14.7. The highest BCUT2D eigenvalue weighted by atomic mass is 16.6. The number of benzene rings is 1. The Kier molecular flexibility index (Phi) is 7.38. The van der Waals surface area contributed by atoms with E-state index in [0.717, 1.165) is 0 Å². The number of carboxylic acids is 1. The summed E-state index contributed by atoms with van der Waals surface area (Å²) in [5.74, 6) is -1.72. The summed E-state index contributed by atoms with van der Waals surface area (Å²) in [4.78, 5) is 34.3. The summed E-state index contributed by atoms with van der Waals surface area (Å²) in [6.07, 6.45) is -0.837. The van der Waals surface area contributed by atoms with E-state index in [1.54, 1.807) is 45.0 Å². The van der Waals surface area contributed by atoms with E-state index >= 15 is 0 Å². The Bertz CT molecular complexity index is 622. The van der Waals surface area contributed by atoms with Crippen LogP contribution in [0.25, 0.3) is 0 Å². The van der Waals surface area contributed by atoms with Gasteiger partial charge in [0.1, 0.15) is 5.60 Å². The largest absolute Gasteiger partial charge is 0.480 e. The quantitative estimate of drug-likeness (QED) is 0.721. The smallest absolute Gasteiger partial charge is 0.408 e. The van der Waals surface area contributed by atoms with Crippen molar-refractivity contribution in [1.29, 1.82) is 0 Å². The van der Waals surface area contributed by atoms with Crippen LogP contribution in [0.4, 0.5) is 4.79 Å². The van der Waals surface area contributed by atoms with Crippen molar-refractivity contribution in [3.05, 3.63) is 35.4 Å². The lowest BCUT2D eigenvalue weighted by Crippen LogP contribution is -2.46. The number of nitrogens with one attached hydrogen (secondary N) is 1. The average molecular weight is 353 g/mol. The number of esters is 1. The number of hydrogen-bond donors (Lipinski definition) is 2. The summed E-state index contributed by atoms with van der Waals surface area (Å²) in [5.41, 5.74) is 0.303. The molecule has 0 saturated carbocycles. The maximum atomic E-state index is 11.7. The van der Waals surface area contributed by atoms with Crippen molar-refractivity contribution in [3.8, 4) is 0 Å². The SMILES string of the molecule is COC(=O)c1cccc(COC[C@H](NC(=O)OC(C)(C)C)C(=O)O)c1. The highest BCUT2D eigenvalue weighted by Gasteiger charge is 2.24. The van der Waals surface area contributed by atoms with Crippen LogP contribution >= 0.6 is 0 Å². The Labute approximate surface area is 146 Å². The first kappa shape index (κ1) is 20.4. The normalized spacial score (nSPS) is 12.2. The van der Waals surface area contributed by atoms with Crippen molar-refractivity contribution in [1.82, 2.24) is 5.32 Å². The Balaban J connectivity index is 2.57. The molecule has 1 rings (SSSR count). The molecule has 1 atom stereocenters. The monoisotopic (exact) mass is 353 g/mol. The van der Waals surface area contributed by atoms with Crippen LogP contribution < -0.4 is 5.32 Å². The van der Waals surface area contributed by atoms with Crippen LogP contribution in [0.5, 0.6) is 0 Å². The van der Waals surface area contributed by atoms with E-state index in [2.05, 4.69) is 10.1 Å². The summed E-state index contributed by atoms with van der Waals surface area (Å²) in [6, 6.07) is 5.32. The van der Waals surface area contributed by atoms with Gasteiger partial charge < -0.3 is 24.6 Å². The van der Waals surface area contributed by atoms with Crippen LogP contribution in [0.15, 0.2) is 24.3 Å². The van der Waals surface area contributed by atoms with Crippen LogP contribution in [0.1, 0.15) is 36.7 Å². The van der Waals surface area contributed by atoms with Crippen molar-refractivity contribution < 1.29 is 33.7 Å². The summed E-state index contributed by atoms with van der Waals surface area (Å²) in [6.45, 7) is 4.84. The number of rotatable bonds is 7. The van der Waals surface area contributed by atoms with Gasteiger partial charge in [0.15, 0.2) is 6.04 Å². The molecule has 0 aliphatic rings. The highest BCUT2D eigenvalue weighted by molar-refractivity contribution is 5.89. The first-order chi connectivity index (χ1) is 11.6. The third-order valence-corrected chi connectivity index (χ3v) is 2.89. The fourth-order valence-corrected chi connectivity index (χ4v) is 1.83. The molecule has 1 aromatic rings. The molecule has 0 aromatic heterocycles. The number of carbonyl (C=O) groups excluding carboxylic acids is 2.